The Morgan fingerprint density at radius 3 is 2.70 bits per heavy atom. The van der Waals surface area contributed by atoms with E-state index < -0.39 is 18.5 Å². The van der Waals surface area contributed by atoms with Gasteiger partial charge in [-0.2, -0.15) is 18.3 Å². The van der Waals surface area contributed by atoms with Crippen LogP contribution in [0.2, 0.25) is 0 Å². The van der Waals surface area contributed by atoms with Crippen LogP contribution in [0.1, 0.15) is 56.7 Å². The number of hydrazone groups is 1. The molecule has 1 aliphatic heterocycles. The second-order valence-electron chi connectivity index (χ2n) is 10.1. The van der Waals surface area contributed by atoms with Gasteiger partial charge in [-0.15, -0.1) is 0 Å². The summed E-state index contributed by atoms with van der Waals surface area (Å²) in [6.45, 7) is 5.94. The van der Waals surface area contributed by atoms with Crippen LogP contribution < -0.4 is 10.1 Å². The number of hydrogen-bond acceptors (Lipinski definition) is 6. The van der Waals surface area contributed by atoms with Crippen molar-refractivity contribution in [3.63, 3.8) is 0 Å². The quantitative estimate of drug-likeness (QED) is 0.277. The van der Waals surface area contributed by atoms with Crippen LogP contribution in [0.25, 0.3) is 0 Å². The van der Waals surface area contributed by atoms with E-state index in [2.05, 4.69) is 27.0 Å². The van der Waals surface area contributed by atoms with Gasteiger partial charge in [0, 0.05) is 70.2 Å². The lowest BCUT2D eigenvalue weighted by Gasteiger charge is -2.35. The van der Waals surface area contributed by atoms with Crippen molar-refractivity contribution in [3.05, 3.63) is 35.2 Å². The molecule has 3 rings (SSSR count). The van der Waals surface area contributed by atoms with Crippen LogP contribution in [0.3, 0.4) is 0 Å². The van der Waals surface area contributed by atoms with Crippen molar-refractivity contribution in [3.8, 4) is 5.88 Å². The fourth-order valence-corrected chi connectivity index (χ4v) is 4.89. The van der Waals surface area contributed by atoms with Crippen LogP contribution in [0.15, 0.2) is 29.0 Å². The summed E-state index contributed by atoms with van der Waals surface area (Å²) in [6.07, 6.45) is 1.34. The van der Waals surface area contributed by atoms with E-state index in [4.69, 9.17) is 4.74 Å². The average molecular weight is 528 g/mol. The number of ether oxygens (including phenoxy) is 1. The molecule has 206 valence electrons. The highest BCUT2D eigenvalue weighted by Crippen LogP contribution is 2.35. The molecular formula is C26H37F4N5O2. The maximum atomic E-state index is 15.5. The monoisotopic (exact) mass is 527 g/mol. The summed E-state index contributed by atoms with van der Waals surface area (Å²) in [6, 6.07) is 3.23. The molecule has 0 atom stereocenters. The number of carbonyl (C=O) groups is 1. The number of pyridine rings is 1. The van der Waals surface area contributed by atoms with Crippen molar-refractivity contribution in [1.82, 2.24) is 20.2 Å². The van der Waals surface area contributed by atoms with Crippen molar-refractivity contribution < 1.29 is 27.1 Å². The lowest BCUT2D eigenvalue weighted by Crippen LogP contribution is -2.43. The zero-order valence-electron chi connectivity index (χ0n) is 21.6. The molecular weight excluding hydrogens is 490 g/mol. The van der Waals surface area contributed by atoms with E-state index in [9.17, 15) is 18.0 Å². The molecule has 0 bridgehead atoms. The van der Waals surface area contributed by atoms with Gasteiger partial charge in [-0.1, -0.05) is 6.07 Å². The maximum Gasteiger partial charge on any atom is 0.422 e. The van der Waals surface area contributed by atoms with Gasteiger partial charge in [-0.05, 0) is 56.6 Å². The number of nitrogens with one attached hydrogen (secondary N) is 1. The predicted molar refractivity (Wildman–Crippen MR) is 134 cm³/mol. The summed E-state index contributed by atoms with van der Waals surface area (Å²) in [5, 5.41) is 8.31. The Morgan fingerprint density at radius 1 is 1.32 bits per heavy atom. The van der Waals surface area contributed by atoms with Gasteiger partial charge in [0.1, 0.15) is 5.67 Å². The first-order valence-corrected chi connectivity index (χ1v) is 12.7. The molecule has 1 aromatic heterocycles. The minimum atomic E-state index is -4.41. The van der Waals surface area contributed by atoms with Crippen LogP contribution >= 0.6 is 0 Å². The third kappa shape index (κ3) is 9.60. The third-order valence-electron chi connectivity index (χ3n) is 6.98. The molecule has 37 heavy (non-hydrogen) atoms. The summed E-state index contributed by atoms with van der Waals surface area (Å²) in [4.78, 5) is 18.8. The number of aromatic nitrogens is 1. The van der Waals surface area contributed by atoms with Crippen LogP contribution in [0.4, 0.5) is 17.6 Å². The topological polar surface area (TPSA) is 70.1 Å². The molecule has 0 spiro atoms. The Hall–Kier alpha value is -2.69. The van der Waals surface area contributed by atoms with Crippen LogP contribution in [-0.4, -0.2) is 78.7 Å². The van der Waals surface area contributed by atoms with Gasteiger partial charge in [-0.25, -0.2) is 9.37 Å². The number of fused-ring (bicyclic) bond motifs is 1. The zero-order valence-corrected chi connectivity index (χ0v) is 21.6. The van der Waals surface area contributed by atoms with Crippen molar-refractivity contribution in [2.45, 2.75) is 76.2 Å². The van der Waals surface area contributed by atoms with E-state index in [0.717, 1.165) is 23.4 Å². The van der Waals surface area contributed by atoms with Crippen LogP contribution in [0, 0.1) is 0 Å². The van der Waals surface area contributed by atoms with Gasteiger partial charge in [0.15, 0.2) is 6.61 Å². The largest absolute Gasteiger partial charge is 0.468 e. The smallest absolute Gasteiger partial charge is 0.422 e. The summed E-state index contributed by atoms with van der Waals surface area (Å²) >= 11 is 0. The van der Waals surface area contributed by atoms with Crippen LogP contribution in [0.5, 0.6) is 5.88 Å². The molecule has 1 amide bonds. The first kappa shape index (κ1) is 28.9. The number of nitrogens with zero attached hydrogens (tertiary/aromatic N) is 4. The van der Waals surface area contributed by atoms with E-state index in [1.165, 1.54) is 6.07 Å². The standard InChI is InChI=1S/C26H37F4N5O2/c1-19(17-34(3)31-2)16-23(36)32-21-6-10-25(27,11-7-21)12-15-35-13-8-20-4-5-24(33-22(20)9-14-35)37-18-26(28,29)30/h4-5,17,21H,2,6-16,18H2,1,3H3,(H,32,36)/b19-17+. The van der Waals surface area contributed by atoms with E-state index in [0.29, 0.717) is 58.0 Å². The Kier molecular flexibility index (Phi) is 9.92. The second-order valence-corrected chi connectivity index (χ2v) is 10.1. The van der Waals surface area contributed by atoms with Gasteiger partial charge in [0.25, 0.3) is 0 Å². The fourth-order valence-electron chi connectivity index (χ4n) is 4.89. The summed E-state index contributed by atoms with van der Waals surface area (Å²) in [7, 11) is 1.74. The Labute approximate surface area is 215 Å². The van der Waals surface area contributed by atoms with Gasteiger partial charge in [-0.3, -0.25) is 9.80 Å². The van der Waals surface area contributed by atoms with Gasteiger partial charge in [0.05, 0.1) is 0 Å². The van der Waals surface area contributed by atoms with E-state index >= 15 is 4.39 Å². The second kappa shape index (κ2) is 12.7. The zero-order chi connectivity index (χ0) is 27.1. The molecule has 1 N–H and O–H groups in total. The molecule has 2 aliphatic rings. The Balaban J connectivity index is 1.41. The van der Waals surface area contributed by atoms with Gasteiger partial charge >= 0.3 is 6.18 Å². The van der Waals surface area contributed by atoms with Gasteiger partial charge in [0.2, 0.25) is 11.8 Å². The molecule has 11 heteroatoms. The highest BCUT2D eigenvalue weighted by Gasteiger charge is 2.36. The molecule has 0 unspecified atom stereocenters. The van der Waals surface area contributed by atoms with Crippen LogP contribution in [-0.2, 0) is 17.6 Å². The van der Waals surface area contributed by atoms with E-state index in [-0.39, 0.29) is 24.2 Å². The molecule has 1 fully saturated rings. The molecule has 7 nitrogen and oxygen atoms in total. The highest BCUT2D eigenvalue weighted by atomic mass is 19.4. The summed E-state index contributed by atoms with van der Waals surface area (Å²) in [5.74, 6) is -0.101. The molecule has 0 radical (unpaired) electrons. The van der Waals surface area contributed by atoms with E-state index in [1.54, 1.807) is 24.3 Å². The van der Waals surface area contributed by atoms with Crippen molar-refractivity contribution >= 4 is 12.6 Å². The molecule has 0 saturated heterocycles. The first-order chi connectivity index (χ1) is 17.4. The minimum absolute atomic E-state index is 0.0213. The number of hydrogen-bond donors (Lipinski definition) is 1. The predicted octanol–water partition coefficient (Wildman–Crippen LogP) is 4.42. The van der Waals surface area contributed by atoms with Crippen molar-refractivity contribution in [2.24, 2.45) is 5.10 Å². The van der Waals surface area contributed by atoms with Crippen molar-refractivity contribution in [1.29, 1.82) is 0 Å². The fraction of sp³-hybridized carbons (Fsp3) is 0.654. The van der Waals surface area contributed by atoms with Crippen molar-refractivity contribution in [2.75, 3.05) is 33.3 Å². The Morgan fingerprint density at radius 2 is 2.03 bits per heavy atom. The van der Waals surface area contributed by atoms with E-state index in [1.807, 2.05) is 6.92 Å². The molecule has 1 saturated carbocycles. The minimum Gasteiger partial charge on any atom is -0.468 e. The number of carbonyl (C=O) groups excluding carboxylic acids is 1. The normalized spacial score (nSPS) is 23.1. The molecule has 1 aromatic rings. The molecule has 1 aliphatic carbocycles. The SMILES string of the molecule is C=NN(C)/C=C(\C)CC(=O)NC1CCC(F)(CCN2CCc3ccc(OCC(F)(F)F)nc3CC2)CC1. The lowest BCUT2D eigenvalue weighted by atomic mass is 9.81. The third-order valence-corrected chi connectivity index (χ3v) is 6.98. The number of halogens is 4. The average Bonchev–Trinajstić information content (AvgIpc) is 3.04. The first-order valence-electron chi connectivity index (χ1n) is 12.7. The lowest BCUT2D eigenvalue weighted by molar-refractivity contribution is -0.154. The number of amides is 1. The molecule has 0 aromatic carbocycles. The Bertz CT molecular complexity index is 961. The summed E-state index contributed by atoms with van der Waals surface area (Å²) in [5.41, 5.74) is 1.34. The highest BCUT2D eigenvalue weighted by molar-refractivity contribution is 5.78. The number of rotatable bonds is 10. The maximum absolute atomic E-state index is 15.5. The number of alkyl halides is 4. The summed E-state index contributed by atoms with van der Waals surface area (Å²) < 4.78 is 57.6. The van der Waals surface area contributed by atoms with Gasteiger partial charge < -0.3 is 15.0 Å². The molecule has 2 heterocycles.